The lowest BCUT2D eigenvalue weighted by atomic mass is 10.1. The molecule has 23 heavy (non-hydrogen) atoms. The monoisotopic (exact) mass is 326 g/mol. The average Bonchev–Trinajstić information content (AvgIpc) is 3.23. The minimum absolute atomic E-state index is 0.203. The number of urea groups is 1. The summed E-state index contributed by atoms with van der Waals surface area (Å²) in [7, 11) is 0. The SMILES string of the molecule is O=C(Nc1c[nH]c([C@@H]2O[C@H](CO)[C@@H](O)[C@H]2O)n1)NC1CCCC1. The van der Waals surface area contributed by atoms with Crippen LogP contribution in [0.4, 0.5) is 10.6 Å². The maximum absolute atomic E-state index is 11.9. The summed E-state index contributed by atoms with van der Waals surface area (Å²) in [5.41, 5.74) is 0. The highest BCUT2D eigenvalue weighted by Gasteiger charge is 2.44. The summed E-state index contributed by atoms with van der Waals surface area (Å²) < 4.78 is 5.38. The zero-order valence-electron chi connectivity index (χ0n) is 12.6. The zero-order valence-corrected chi connectivity index (χ0v) is 12.6. The number of aromatic nitrogens is 2. The number of rotatable bonds is 4. The van der Waals surface area contributed by atoms with Gasteiger partial charge in [-0.25, -0.2) is 9.78 Å². The largest absolute Gasteiger partial charge is 0.394 e. The zero-order chi connectivity index (χ0) is 16.4. The highest BCUT2D eigenvalue weighted by molar-refractivity contribution is 5.88. The van der Waals surface area contributed by atoms with Crippen LogP contribution in [0.3, 0.4) is 0 Å². The molecule has 1 aromatic heterocycles. The van der Waals surface area contributed by atoms with Crippen LogP contribution in [0.1, 0.15) is 37.6 Å². The van der Waals surface area contributed by atoms with Crippen molar-refractivity contribution in [2.75, 3.05) is 11.9 Å². The van der Waals surface area contributed by atoms with Crippen molar-refractivity contribution >= 4 is 11.8 Å². The molecule has 1 aliphatic heterocycles. The van der Waals surface area contributed by atoms with Crippen LogP contribution in [0.25, 0.3) is 0 Å². The quantitative estimate of drug-likeness (QED) is 0.446. The summed E-state index contributed by atoms with van der Waals surface area (Å²) in [6, 6.07) is -0.120. The van der Waals surface area contributed by atoms with Gasteiger partial charge in [-0.2, -0.15) is 0 Å². The van der Waals surface area contributed by atoms with Crippen LogP contribution in [-0.4, -0.2) is 62.3 Å². The Kier molecular flexibility index (Phi) is 4.81. The van der Waals surface area contributed by atoms with Crippen LogP contribution in [-0.2, 0) is 4.74 Å². The number of aromatic amines is 1. The Hall–Kier alpha value is -1.68. The van der Waals surface area contributed by atoms with Crippen molar-refractivity contribution in [1.29, 1.82) is 0 Å². The average molecular weight is 326 g/mol. The lowest BCUT2D eigenvalue weighted by molar-refractivity contribution is -0.0250. The van der Waals surface area contributed by atoms with E-state index in [1.807, 2.05) is 0 Å². The molecule has 9 heteroatoms. The highest BCUT2D eigenvalue weighted by atomic mass is 16.6. The molecule has 6 N–H and O–H groups in total. The number of aliphatic hydroxyl groups excluding tert-OH is 3. The minimum atomic E-state index is -1.20. The van der Waals surface area contributed by atoms with E-state index in [0.717, 1.165) is 25.7 Å². The standard InChI is InChI=1S/C14H22N4O5/c19-6-8-10(20)11(21)12(23-8)13-15-5-9(17-13)18-14(22)16-7-3-1-2-4-7/h5,7-8,10-12,19-21H,1-4,6H2,(H,15,17)(H2,16,18,22)/t8-,10-,11-,12-/m1/s1. The van der Waals surface area contributed by atoms with Crippen LogP contribution in [0.15, 0.2) is 6.20 Å². The summed E-state index contributed by atoms with van der Waals surface area (Å²) in [4.78, 5) is 18.9. The van der Waals surface area contributed by atoms with Gasteiger partial charge in [-0.15, -0.1) is 0 Å². The van der Waals surface area contributed by atoms with E-state index in [0.29, 0.717) is 5.82 Å². The first kappa shape index (κ1) is 16.2. The van der Waals surface area contributed by atoms with E-state index < -0.39 is 31.0 Å². The van der Waals surface area contributed by atoms with E-state index in [2.05, 4.69) is 20.6 Å². The summed E-state index contributed by atoms with van der Waals surface area (Å²) >= 11 is 0. The third-order valence-electron chi connectivity index (χ3n) is 4.34. The van der Waals surface area contributed by atoms with Crippen LogP contribution in [0, 0.1) is 0 Å². The number of carbonyl (C=O) groups excluding carboxylic acids is 1. The molecule has 2 heterocycles. The molecule has 0 aromatic carbocycles. The fraction of sp³-hybridized carbons (Fsp3) is 0.714. The van der Waals surface area contributed by atoms with Crippen molar-refractivity contribution in [3.8, 4) is 0 Å². The number of nitrogens with zero attached hydrogens (tertiary/aromatic N) is 1. The van der Waals surface area contributed by atoms with E-state index in [9.17, 15) is 15.0 Å². The molecule has 0 unspecified atom stereocenters. The fourth-order valence-electron chi connectivity index (χ4n) is 3.08. The van der Waals surface area contributed by atoms with Gasteiger partial charge in [0.05, 0.1) is 6.61 Å². The third kappa shape index (κ3) is 3.47. The molecule has 0 bridgehead atoms. The van der Waals surface area contributed by atoms with Gasteiger partial charge in [0.1, 0.15) is 30.2 Å². The molecule has 2 amide bonds. The normalized spacial score (nSPS) is 31.4. The second-order valence-electron chi connectivity index (χ2n) is 6.01. The maximum Gasteiger partial charge on any atom is 0.320 e. The Morgan fingerprint density at radius 3 is 2.74 bits per heavy atom. The molecular formula is C14H22N4O5. The number of aliphatic hydroxyl groups is 3. The summed E-state index contributed by atoms with van der Waals surface area (Å²) in [5, 5.41) is 34.3. The van der Waals surface area contributed by atoms with Crippen molar-refractivity contribution in [2.45, 2.75) is 56.1 Å². The molecule has 4 atom stereocenters. The summed E-state index contributed by atoms with van der Waals surface area (Å²) in [6.07, 6.45) is 1.60. The van der Waals surface area contributed by atoms with Gasteiger partial charge >= 0.3 is 6.03 Å². The number of imidazole rings is 1. The molecule has 128 valence electrons. The van der Waals surface area contributed by atoms with Crippen molar-refractivity contribution in [3.05, 3.63) is 12.0 Å². The molecular weight excluding hydrogens is 304 g/mol. The van der Waals surface area contributed by atoms with Crippen LogP contribution >= 0.6 is 0 Å². The predicted octanol–water partition coefficient (Wildman–Crippen LogP) is -0.372. The maximum atomic E-state index is 11.9. The van der Waals surface area contributed by atoms with E-state index in [1.54, 1.807) is 0 Å². The van der Waals surface area contributed by atoms with Crippen LogP contribution in [0.5, 0.6) is 0 Å². The van der Waals surface area contributed by atoms with Gasteiger partial charge in [0, 0.05) is 12.2 Å². The summed E-state index contributed by atoms with van der Waals surface area (Å²) in [5.74, 6) is 0.580. The van der Waals surface area contributed by atoms with E-state index in [4.69, 9.17) is 9.84 Å². The Labute approximate surface area is 133 Å². The van der Waals surface area contributed by atoms with Crippen molar-refractivity contribution in [1.82, 2.24) is 15.3 Å². The van der Waals surface area contributed by atoms with Gasteiger partial charge in [0.25, 0.3) is 0 Å². The Morgan fingerprint density at radius 2 is 2.09 bits per heavy atom. The van der Waals surface area contributed by atoms with Crippen molar-refractivity contribution < 1.29 is 24.9 Å². The van der Waals surface area contributed by atoms with E-state index in [-0.39, 0.29) is 17.9 Å². The Morgan fingerprint density at radius 1 is 1.35 bits per heavy atom. The topological polar surface area (TPSA) is 140 Å². The number of nitrogens with one attached hydrogen (secondary N) is 3. The second kappa shape index (κ2) is 6.83. The van der Waals surface area contributed by atoms with E-state index in [1.165, 1.54) is 6.20 Å². The van der Waals surface area contributed by atoms with Crippen LogP contribution in [0.2, 0.25) is 0 Å². The van der Waals surface area contributed by atoms with E-state index >= 15 is 0 Å². The van der Waals surface area contributed by atoms with Crippen molar-refractivity contribution in [3.63, 3.8) is 0 Å². The first-order valence-electron chi connectivity index (χ1n) is 7.83. The first-order valence-corrected chi connectivity index (χ1v) is 7.83. The van der Waals surface area contributed by atoms with Gasteiger partial charge in [0.2, 0.25) is 0 Å². The van der Waals surface area contributed by atoms with Crippen molar-refractivity contribution in [2.24, 2.45) is 0 Å². The molecule has 2 fully saturated rings. The molecule has 0 radical (unpaired) electrons. The van der Waals surface area contributed by atoms with Crippen LogP contribution < -0.4 is 10.6 Å². The number of hydrogen-bond acceptors (Lipinski definition) is 6. The third-order valence-corrected chi connectivity index (χ3v) is 4.34. The number of carbonyl (C=O) groups is 1. The number of H-pyrrole nitrogens is 1. The van der Waals surface area contributed by atoms with Gasteiger partial charge in [-0.1, -0.05) is 12.8 Å². The molecule has 3 rings (SSSR count). The minimum Gasteiger partial charge on any atom is -0.394 e. The second-order valence-corrected chi connectivity index (χ2v) is 6.01. The number of amides is 2. The molecule has 9 nitrogen and oxygen atoms in total. The molecule has 1 saturated carbocycles. The molecule has 1 aliphatic carbocycles. The van der Waals surface area contributed by atoms with Gasteiger partial charge < -0.3 is 30.4 Å². The number of anilines is 1. The lowest BCUT2D eigenvalue weighted by Crippen LogP contribution is -2.36. The Balaban J connectivity index is 1.58. The Bertz CT molecular complexity index is 545. The predicted molar refractivity (Wildman–Crippen MR) is 79.7 cm³/mol. The molecule has 2 aliphatic rings. The van der Waals surface area contributed by atoms with Gasteiger partial charge in [-0.3, -0.25) is 5.32 Å². The number of hydrogen-bond donors (Lipinski definition) is 6. The first-order chi connectivity index (χ1) is 11.1. The van der Waals surface area contributed by atoms with Gasteiger partial charge in [0.15, 0.2) is 5.82 Å². The molecule has 0 spiro atoms. The lowest BCUT2D eigenvalue weighted by Gasteiger charge is -2.12. The molecule has 1 saturated heterocycles. The summed E-state index contributed by atoms with van der Waals surface area (Å²) in [6.45, 7) is -0.398. The van der Waals surface area contributed by atoms with Gasteiger partial charge in [-0.05, 0) is 12.8 Å². The number of ether oxygens (including phenoxy) is 1. The fourth-order valence-corrected chi connectivity index (χ4v) is 3.08. The molecule has 1 aromatic rings. The highest BCUT2D eigenvalue weighted by Crippen LogP contribution is 2.32. The smallest absolute Gasteiger partial charge is 0.320 e.